The summed E-state index contributed by atoms with van der Waals surface area (Å²) >= 11 is 0. The number of nitrogens with zero attached hydrogens (tertiary/aromatic N) is 4. The lowest BCUT2D eigenvalue weighted by atomic mass is 9.96. The van der Waals surface area contributed by atoms with E-state index < -0.39 is 17.7 Å². The standard InChI is InChI=1S/C30H34N4O5/c1-4-17-39-23-10-8-22(9-11-23)26-24(27(35)25-21(3)33-13-5-7-20(2)29(33)31-25)28(36)30(37)34(26)14-6-12-32-15-18-38-19-16-32/h4-5,7-11,13,26,35H,1,6,12,14-19H2,2-3H3/b27-24+. The highest BCUT2D eigenvalue weighted by Gasteiger charge is 2.46. The van der Waals surface area contributed by atoms with Gasteiger partial charge in [-0.25, -0.2) is 4.98 Å². The van der Waals surface area contributed by atoms with Gasteiger partial charge in [0.25, 0.3) is 11.7 Å². The number of aryl methyl sites for hydroxylation is 2. The minimum Gasteiger partial charge on any atom is -0.505 e. The first-order valence-electron chi connectivity index (χ1n) is 13.3. The van der Waals surface area contributed by atoms with Crippen molar-refractivity contribution in [3.63, 3.8) is 0 Å². The van der Waals surface area contributed by atoms with Gasteiger partial charge in [0.15, 0.2) is 5.76 Å². The molecule has 1 amide bonds. The summed E-state index contributed by atoms with van der Waals surface area (Å²) in [6.07, 6.45) is 4.22. The Hall–Kier alpha value is -3.95. The molecule has 5 rings (SSSR count). The number of fused-ring (bicyclic) bond motifs is 1. The van der Waals surface area contributed by atoms with Crippen LogP contribution in [0.15, 0.2) is 60.8 Å². The molecule has 2 fully saturated rings. The Balaban J connectivity index is 1.53. The van der Waals surface area contributed by atoms with E-state index in [9.17, 15) is 14.7 Å². The zero-order valence-corrected chi connectivity index (χ0v) is 22.4. The maximum atomic E-state index is 13.5. The minimum atomic E-state index is -0.742. The van der Waals surface area contributed by atoms with Gasteiger partial charge in [-0.15, -0.1) is 0 Å². The molecule has 4 heterocycles. The fraction of sp³-hybridized carbons (Fsp3) is 0.367. The Bertz CT molecular complexity index is 1420. The summed E-state index contributed by atoms with van der Waals surface area (Å²) in [5, 5.41) is 11.6. The van der Waals surface area contributed by atoms with Gasteiger partial charge in [-0.2, -0.15) is 0 Å². The van der Waals surface area contributed by atoms with Crippen LogP contribution in [0.2, 0.25) is 0 Å². The summed E-state index contributed by atoms with van der Waals surface area (Å²) in [4.78, 5) is 35.4. The number of carbonyl (C=O) groups is 2. The van der Waals surface area contributed by atoms with Gasteiger partial charge < -0.3 is 23.9 Å². The van der Waals surface area contributed by atoms with Crippen LogP contribution in [0.4, 0.5) is 0 Å². The molecule has 2 aliphatic heterocycles. The third kappa shape index (κ3) is 5.20. The fourth-order valence-electron chi connectivity index (χ4n) is 5.32. The number of aliphatic hydroxyl groups is 1. The van der Waals surface area contributed by atoms with Crippen LogP contribution in [0.3, 0.4) is 0 Å². The van der Waals surface area contributed by atoms with E-state index in [1.165, 1.54) is 0 Å². The molecule has 9 nitrogen and oxygen atoms in total. The number of imidazole rings is 1. The van der Waals surface area contributed by atoms with E-state index in [-0.39, 0.29) is 11.3 Å². The van der Waals surface area contributed by atoms with Crippen LogP contribution < -0.4 is 4.74 Å². The smallest absolute Gasteiger partial charge is 0.295 e. The molecule has 0 radical (unpaired) electrons. The lowest BCUT2D eigenvalue weighted by molar-refractivity contribution is -0.140. The third-order valence-electron chi connectivity index (χ3n) is 7.39. The lowest BCUT2D eigenvalue weighted by Gasteiger charge is -2.29. The Kier molecular flexibility index (Phi) is 7.81. The monoisotopic (exact) mass is 530 g/mol. The number of rotatable bonds is 9. The predicted molar refractivity (Wildman–Crippen MR) is 148 cm³/mol. The third-order valence-corrected chi connectivity index (χ3v) is 7.39. The Labute approximate surface area is 228 Å². The summed E-state index contributed by atoms with van der Waals surface area (Å²) in [7, 11) is 0. The highest BCUT2D eigenvalue weighted by Crippen LogP contribution is 2.40. The van der Waals surface area contributed by atoms with Crippen molar-refractivity contribution in [2.45, 2.75) is 26.3 Å². The second-order valence-corrected chi connectivity index (χ2v) is 9.90. The highest BCUT2D eigenvalue weighted by molar-refractivity contribution is 6.46. The number of benzene rings is 1. The molecular weight excluding hydrogens is 496 g/mol. The number of aliphatic hydroxyl groups excluding tert-OH is 1. The first-order chi connectivity index (χ1) is 18.9. The number of pyridine rings is 1. The van der Waals surface area contributed by atoms with E-state index in [2.05, 4.69) is 16.5 Å². The number of amides is 1. The largest absolute Gasteiger partial charge is 0.505 e. The molecule has 3 aromatic rings. The topological polar surface area (TPSA) is 96.6 Å². The molecule has 2 aromatic heterocycles. The van der Waals surface area contributed by atoms with Gasteiger partial charge >= 0.3 is 0 Å². The maximum Gasteiger partial charge on any atom is 0.295 e. The molecule has 0 saturated carbocycles. The van der Waals surface area contributed by atoms with Crippen LogP contribution >= 0.6 is 0 Å². The highest BCUT2D eigenvalue weighted by atomic mass is 16.5. The lowest BCUT2D eigenvalue weighted by Crippen LogP contribution is -2.38. The Morgan fingerprint density at radius 2 is 1.90 bits per heavy atom. The SMILES string of the molecule is C=CCOc1ccc(C2/C(=C(\O)c3nc4c(C)cccn4c3C)C(=O)C(=O)N2CCCN2CCOCC2)cc1. The average Bonchev–Trinajstić information content (AvgIpc) is 3.42. The van der Waals surface area contributed by atoms with Crippen molar-refractivity contribution in [3.05, 3.63) is 83.3 Å². The number of carbonyl (C=O) groups excluding carboxylic acids is 2. The van der Waals surface area contributed by atoms with Gasteiger partial charge in [0.1, 0.15) is 23.7 Å². The first kappa shape index (κ1) is 26.6. The van der Waals surface area contributed by atoms with Gasteiger partial charge in [-0.05, 0) is 49.6 Å². The number of ether oxygens (including phenoxy) is 2. The zero-order valence-electron chi connectivity index (χ0n) is 22.4. The van der Waals surface area contributed by atoms with Crippen molar-refractivity contribution >= 4 is 23.1 Å². The van der Waals surface area contributed by atoms with Gasteiger partial charge in [0.2, 0.25) is 0 Å². The van der Waals surface area contributed by atoms with Crippen molar-refractivity contribution in [1.82, 2.24) is 19.2 Å². The van der Waals surface area contributed by atoms with Crippen LogP contribution in [0.25, 0.3) is 11.4 Å². The van der Waals surface area contributed by atoms with Crippen molar-refractivity contribution < 1.29 is 24.2 Å². The number of likely N-dealkylation sites (tertiary alicyclic amines) is 1. The summed E-state index contributed by atoms with van der Waals surface area (Å²) in [5.41, 5.74) is 3.38. The predicted octanol–water partition coefficient (Wildman–Crippen LogP) is 3.66. The molecular formula is C30H34N4O5. The van der Waals surface area contributed by atoms with Gasteiger partial charge in [-0.3, -0.25) is 14.5 Å². The van der Waals surface area contributed by atoms with Crippen LogP contribution in [-0.4, -0.2) is 82.0 Å². The van der Waals surface area contributed by atoms with Crippen molar-refractivity contribution in [2.24, 2.45) is 0 Å². The van der Waals surface area contributed by atoms with E-state index >= 15 is 0 Å². The molecule has 2 aliphatic rings. The van der Waals surface area contributed by atoms with Gasteiger partial charge in [-0.1, -0.05) is 30.9 Å². The van der Waals surface area contributed by atoms with Gasteiger partial charge in [0, 0.05) is 32.4 Å². The van der Waals surface area contributed by atoms with E-state index in [1.807, 2.05) is 48.7 Å². The zero-order chi connectivity index (χ0) is 27.5. The quantitative estimate of drug-likeness (QED) is 0.195. The fourth-order valence-corrected chi connectivity index (χ4v) is 5.32. The van der Waals surface area contributed by atoms with Crippen molar-refractivity contribution in [2.75, 3.05) is 46.0 Å². The van der Waals surface area contributed by atoms with E-state index in [4.69, 9.17) is 9.47 Å². The summed E-state index contributed by atoms with van der Waals surface area (Å²) < 4.78 is 12.9. The molecule has 1 N–H and O–H groups in total. The van der Waals surface area contributed by atoms with Gasteiger partial charge in [0.05, 0.1) is 30.5 Å². The van der Waals surface area contributed by atoms with Crippen molar-refractivity contribution in [1.29, 1.82) is 0 Å². The number of morpholine rings is 1. The normalized spacial score (nSPS) is 19.6. The number of hydrogen-bond donors (Lipinski definition) is 1. The summed E-state index contributed by atoms with van der Waals surface area (Å²) in [5.74, 6) is -0.937. The molecule has 9 heteroatoms. The Morgan fingerprint density at radius 3 is 2.59 bits per heavy atom. The number of hydrogen-bond acceptors (Lipinski definition) is 7. The van der Waals surface area contributed by atoms with Crippen LogP contribution in [0, 0.1) is 13.8 Å². The minimum absolute atomic E-state index is 0.0512. The first-order valence-corrected chi connectivity index (χ1v) is 13.3. The molecule has 1 aromatic carbocycles. The van der Waals surface area contributed by atoms with E-state index in [1.54, 1.807) is 23.1 Å². The second-order valence-electron chi connectivity index (χ2n) is 9.90. The molecule has 39 heavy (non-hydrogen) atoms. The van der Waals surface area contributed by atoms with E-state index in [0.717, 1.165) is 25.2 Å². The second kappa shape index (κ2) is 11.4. The molecule has 2 saturated heterocycles. The Morgan fingerprint density at radius 1 is 1.15 bits per heavy atom. The van der Waals surface area contributed by atoms with Crippen LogP contribution in [-0.2, 0) is 14.3 Å². The van der Waals surface area contributed by atoms with E-state index in [0.29, 0.717) is 61.1 Å². The van der Waals surface area contributed by atoms with Crippen LogP contribution in [0.5, 0.6) is 5.75 Å². The molecule has 1 atom stereocenters. The summed E-state index contributed by atoms with van der Waals surface area (Å²) in [6, 6.07) is 10.4. The molecule has 0 spiro atoms. The molecule has 0 aliphatic carbocycles. The van der Waals surface area contributed by atoms with Crippen LogP contribution in [0.1, 0.15) is 35.0 Å². The maximum absolute atomic E-state index is 13.5. The average molecular weight is 531 g/mol. The summed E-state index contributed by atoms with van der Waals surface area (Å²) in [6.45, 7) is 12.1. The number of ketones is 1. The number of Topliss-reactive ketones (excluding diaryl/α,β-unsaturated/α-hetero) is 1. The van der Waals surface area contributed by atoms with Crippen molar-refractivity contribution in [3.8, 4) is 5.75 Å². The molecule has 1 unspecified atom stereocenters. The molecule has 0 bridgehead atoms. The number of aromatic nitrogens is 2. The molecule has 204 valence electrons.